The molecular weight excluding hydrogens is 317 g/mol. The summed E-state index contributed by atoms with van der Waals surface area (Å²) in [6.45, 7) is 0. The van der Waals surface area contributed by atoms with Crippen molar-refractivity contribution in [1.29, 1.82) is 0 Å². The average Bonchev–Trinajstić information content (AvgIpc) is 2.85. The molecule has 1 aliphatic heterocycles. The Morgan fingerprint density at radius 3 is 2.50 bits per heavy atom. The second-order valence-electron chi connectivity index (χ2n) is 4.93. The Morgan fingerprint density at radius 1 is 1.17 bits per heavy atom. The van der Waals surface area contributed by atoms with Gasteiger partial charge in [0.2, 0.25) is 0 Å². The van der Waals surface area contributed by atoms with Crippen molar-refractivity contribution in [2.24, 2.45) is 0 Å². The van der Waals surface area contributed by atoms with E-state index in [1.807, 2.05) is 0 Å². The molecule has 1 fully saturated rings. The number of carbonyl (C=O) groups is 2. The Morgan fingerprint density at radius 2 is 1.88 bits per heavy atom. The van der Waals surface area contributed by atoms with Crippen LogP contribution in [0.5, 0.6) is 11.5 Å². The molecule has 2 aromatic rings. The number of amides is 2. The van der Waals surface area contributed by atoms with Crippen LogP contribution in [0, 0.1) is 5.82 Å². The number of cyclic esters (lactones) is 1. The third-order valence-electron chi connectivity index (χ3n) is 3.39. The Bertz CT molecular complexity index is 845. The number of hydrogen-bond acceptors (Lipinski definition) is 5. The summed E-state index contributed by atoms with van der Waals surface area (Å²) in [5.74, 6) is -1.67. The monoisotopic (exact) mass is 329 g/mol. The largest absolute Gasteiger partial charge is 0.505 e. The highest BCUT2D eigenvalue weighted by molar-refractivity contribution is 6.24. The minimum absolute atomic E-state index is 0.235. The first kappa shape index (κ1) is 15.5. The van der Waals surface area contributed by atoms with Gasteiger partial charge in [-0.15, -0.1) is 0 Å². The van der Waals surface area contributed by atoms with Crippen molar-refractivity contribution in [2.75, 3.05) is 12.0 Å². The molecule has 0 saturated carbocycles. The summed E-state index contributed by atoms with van der Waals surface area (Å²) in [6, 6.07) is 9.86. The second-order valence-corrected chi connectivity index (χ2v) is 4.93. The van der Waals surface area contributed by atoms with Gasteiger partial charge >= 0.3 is 12.0 Å². The normalized spacial score (nSPS) is 15.8. The lowest BCUT2D eigenvalue weighted by Crippen LogP contribution is -2.28. The predicted octanol–water partition coefficient (Wildman–Crippen LogP) is 3.06. The zero-order valence-corrected chi connectivity index (χ0v) is 12.5. The van der Waals surface area contributed by atoms with E-state index in [0.29, 0.717) is 11.4 Å². The molecule has 7 heteroatoms. The van der Waals surface area contributed by atoms with E-state index in [9.17, 15) is 14.0 Å². The smallest absolute Gasteiger partial charge is 0.427 e. The van der Waals surface area contributed by atoms with E-state index >= 15 is 0 Å². The van der Waals surface area contributed by atoms with E-state index in [1.165, 1.54) is 19.3 Å². The number of phenols is 1. The zero-order chi connectivity index (χ0) is 17.3. The lowest BCUT2D eigenvalue weighted by molar-refractivity contribution is -0.114. The van der Waals surface area contributed by atoms with Gasteiger partial charge in [-0.3, -0.25) is 4.79 Å². The van der Waals surface area contributed by atoms with Crippen molar-refractivity contribution in [3.63, 3.8) is 0 Å². The quantitative estimate of drug-likeness (QED) is 0.876. The molecule has 0 radical (unpaired) electrons. The highest BCUT2D eigenvalue weighted by atomic mass is 19.1. The highest BCUT2D eigenvalue weighted by Gasteiger charge is 2.37. The first-order valence-electron chi connectivity index (χ1n) is 6.90. The average molecular weight is 329 g/mol. The molecule has 0 spiro atoms. The summed E-state index contributed by atoms with van der Waals surface area (Å²) in [4.78, 5) is 25.2. The topological polar surface area (TPSA) is 76.1 Å². The first-order valence-corrected chi connectivity index (χ1v) is 6.90. The van der Waals surface area contributed by atoms with Crippen LogP contribution in [0.25, 0.3) is 6.08 Å². The standard InChI is InChI=1S/C17H12FNO5/c1-23-12-5-3-11(4-6-12)19-16(21)15(24-17(19)22)9-10-2-7-14(20)13(18)8-10/h2-9,20H,1H3. The van der Waals surface area contributed by atoms with Gasteiger partial charge in [0.15, 0.2) is 17.3 Å². The molecule has 3 rings (SSSR count). The summed E-state index contributed by atoms with van der Waals surface area (Å²) in [7, 11) is 1.50. The van der Waals surface area contributed by atoms with Gasteiger partial charge in [-0.2, -0.15) is 0 Å². The molecule has 0 unspecified atom stereocenters. The summed E-state index contributed by atoms with van der Waals surface area (Å²) >= 11 is 0. The maximum absolute atomic E-state index is 13.3. The number of anilines is 1. The highest BCUT2D eigenvalue weighted by Crippen LogP contribution is 2.28. The lowest BCUT2D eigenvalue weighted by Gasteiger charge is -2.10. The SMILES string of the molecule is COc1ccc(N2C(=O)OC(=Cc3ccc(O)c(F)c3)C2=O)cc1. The number of methoxy groups -OCH3 is 1. The van der Waals surface area contributed by atoms with Gasteiger partial charge < -0.3 is 14.6 Å². The van der Waals surface area contributed by atoms with Crippen LogP contribution in [0.1, 0.15) is 5.56 Å². The van der Waals surface area contributed by atoms with Gasteiger partial charge in [0.1, 0.15) is 5.75 Å². The molecule has 1 heterocycles. The lowest BCUT2D eigenvalue weighted by atomic mass is 10.2. The summed E-state index contributed by atoms with van der Waals surface area (Å²) < 4.78 is 23.3. The van der Waals surface area contributed by atoms with Crippen molar-refractivity contribution in [1.82, 2.24) is 0 Å². The fraction of sp³-hybridized carbons (Fsp3) is 0.0588. The Balaban J connectivity index is 1.90. The second kappa shape index (κ2) is 6.04. The van der Waals surface area contributed by atoms with Crippen molar-refractivity contribution in [3.8, 4) is 11.5 Å². The third-order valence-corrected chi connectivity index (χ3v) is 3.39. The predicted molar refractivity (Wildman–Crippen MR) is 83.0 cm³/mol. The number of rotatable bonds is 3. The number of aromatic hydroxyl groups is 1. The molecule has 6 nitrogen and oxygen atoms in total. The molecule has 2 aromatic carbocycles. The van der Waals surface area contributed by atoms with Gasteiger partial charge in [-0.25, -0.2) is 14.1 Å². The fourth-order valence-corrected chi connectivity index (χ4v) is 2.19. The maximum atomic E-state index is 13.3. The van der Waals surface area contributed by atoms with E-state index in [1.54, 1.807) is 24.3 Å². The molecular formula is C17H12FNO5. The minimum Gasteiger partial charge on any atom is -0.505 e. The fourth-order valence-electron chi connectivity index (χ4n) is 2.19. The van der Waals surface area contributed by atoms with E-state index in [0.717, 1.165) is 17.0 Å². The zero-order valence-electron chi connectivity index (χ0n) is 12.5. The Kier molecular flexibility index (Phi) is 3.91. The molecule has 2 amide bonds. The van der Waals surface area contributed by atoms with Crippen LogP contribution in [-0.2, 0) is 9.53 Å². The van der Waals surface area contributed by atoms with Crippen molar-refractivity contribution in [2.45, 2.75) is 0 Å². The molecule has 0 bridgehead atoms. The molecule has 0 atom stereocenters. The van der Waals surface area contributed by atoms with Crippen LogP contribution in [0.3, 0.4) is 0 Å². The number of phenolic OH excluding ortho intramolecular Hbond substituents is 1. The molecule has 1 N–H and O–H groups in total. The number of ether oxygens (including phenoxy) is 2. The first-order chi connectivity index (χ1) is 11.5. The van der Waals surface area contributed by atoms with Gasteiger partial charge in [0.05, 0.1) is 12.8 Å². The van der Waals surface area contributed by atoms with Crippen LogP contribution in [0.4, 0.5) is 14.9 Å². The van der Waals surface area contributed by atoms with Crippen LogP contribution in [0.15, 0.2) is 48.2 Å². The number of benzene rings is 2. The van der Waals surface area contributed by atoms with Gasteiger partial charge in [-0.1, -0.05) is 6.07 Å². The summed E-state index contributed by atoms with van der Waals surface area (Å²) in [6.07, 6.45) is 0.377. The Hall–Kier alpha value is -3.35. The number of carbonyl (C=O) groups excluding carboxylic acids is 2. The summed E-state index contributed by atoms with van der Waals surface area (Å²) in [5.41, 5.74) is 0.601. The number of hydrogen-bond donors (Lipinski definition) is 1. The number of nitrogens with zero attached hydrogens (tertiary/aromatic N) is 1. The Labute approximate surface area is 136 Å². The van der Waals surface area contributed by atoms with Crippen LogP contribution < -0.4 is 9.64 Å². The minimum atomic E-state index is -0.851. The summed E-state index contributed by atoms with van der Waals surface area (Å²) in [5, 5.41) is 9.17. The van der Waals surface area contributed by atoms with E-state index < -0.39 is 23.6 Å². The van der Waals surface area contributed by atoms with Crippen LogP contribution in [-0.4, -0.2) is 24.2 Å². The number of halogens is 1. The van der Waals surface area contributed by atoms with Crippen LogP contribution in [0.2, 0.25) is 0 Å². The maximum Gasteiger partial charge on any atom is 0.427 e. The van der Waals surface area contributed by atoms with Crippen LogP contribution >= 0.6 is 0 Å². The third kappa shape index (κ3) is 2.79. The number of imide groups is 1. The van der Waals surface area contributed by atoms with E-state index in [4.69, 9.17) is 14.6 Å². The van der Waals surface area contributed by atoms with Crippen molar-refractivity contribution < 1.29 is 28.6 Å². The molecule has 0 aromatic heterocycles. The molecule has 24 heavy (non-hydrogen) atoms. The molecule has 1 aliphatic rings. The van der Waals surface area contributed by atoms with Crippen molar-refractivity contribution >= 4 is 23.8 Å². The molecule has 122 valence electrons. The van der Waals surface area contributed by atoms with E-state index in [-0.39, 0.29) is 11.3 Å². The van der Waals surface area contributed by atoms with Gasteiger partial charge in [-0.05, 0) is 48.0 Å². The molecule has 1 saturated heterocycles. The van der Waals surface area contributed by atoms with Crippen molar-refractivity contribution in [3.05, 3.63) is 59.6 Å². The van der Waals surface area contributed by atoms with E-state index in [2.05, 4.69) is 0 Å². The van der Waals surface area contributed by atoms with Gasteiger partial charge in [0, 0.05) is 0 Å². The molecule has 0 aliphatic carbocycles. The van der Waals surface area contributed by atoms with Gasteiger partial charge in [0.25, 0.3) is 0 Å².